The summed E-state index contributed by atoms with van der Waals surface area (Å²) in [6.45, 7) is 2.27. The van der Waals surface area contributed by atoms with Crippen LogP contribution in [-0.4, -0.2) is 54.3 Å². The minimum Gasteiger partial charge on any atom is -0.378 e. The molecule has 1 aromatic rings. The third kappa shape index (κ3) is 2.47. The van der Waals surface area contributed by atoms with Gasteiger partial charge in [0.2, 0.25) is 0 Å². The number of aromatic nitrogens is 1. The fourth-order valence-corrected chi connectivity index (χ4v) is 3.85. The first-order chi connectivity index (χ1) is 9.75. The average Bonchev–Trinajstić information content (AvgIpc) is 3.02. The number of carbonyl (C=O) groups is 1. The Morgan fingerprint density at radius 1 is 1.55 bits per heavy atom. The summed E-state index contributed by atoms with van der Waals surface area (Å²) in [5, 5.41) is 0. The Hall–Kier alpha value is -0.980. The fraction of sp³-hybridized carbons (Fsp3) is 0.714. The Balaban J connectivity index is 1.65. The van der Waals surface area contributed by atoms with E-state index in [9.17, 15) is 4.79 Å². The van der Waals surface area contributed by atoms with Crippen molar-refractivity contribution < 1.29 is 14.3 Å². The maximum absolute atomic E-state index is 12.3. The van der Waals surface area contributed by atoms with Crippen molar-refractivity contribution in [3.63, 3.8) is 0 Å². The van der Waals surface area contributed by atoms with Crippen LogP contribution >= 0.6 is 11.3 Å². The summed E-state index contributed by atoms with van der Waals surface area (Å²) in [4.78, 5) is 18.9. The maximum atomic E-state index is 12.3. The van der Waals surface area contributed by atoms with Gasteiger partial charge in [-0.25, -0.2) is 0 Å². The first-order valence-electron chi connectivity index (χ1n) is 7.10. The van der Waals surface area contributed by atoms with Crippen LogP contribution < -0.4 is 0 Å². The van der Waals surface area contributed by atoms with Crippen molar-refractivity contribution in [1.29, 1.82) is 0 Å². The Kier molecular flexibility index (Phi) is 4.05. The normalized spacial score (nSPS) is 25.9. The predicted octanol–water partition coefficient (Wildman–Crippen LogP) is 1.94. The predicted molar refractivity (Wildman–Crippen MR) is 76.0 cm³/mol. The monoisotopic (exact) mass is 296 g/mol. The van der Waals surface area contributed by atoms with Gasteiger partial charge in [-0.1, -0.05) is 0 Å². The quantitative estimate of drug-likeness (QED) is 0.837. The maximum Gasteiger partial charge on any atom is 0.265 e. The Morgan fingerprint density at radius 3 is 3.00 bits per heavy atom. The van der Waals surface area contributed by atoms with Gasteiger partial charge in [-0.15, -0.1) is 11.3 Å². The third-order valence-corrected chi connectivity index (χ3v) is 5.17. The molecule has 0 radical (unpaired) electrons. The molecule has 3 rings (SSSR count). The second kappa shape index (κ2) is 5.79. The van der Waals surface area contributed by atoms with Crippen LogP contribution in [0.15, 0.2) is 11.7 Å². The van der Waals surface area contributed by atoms with Gasteiger partial charge < -0.3 is 14.4 Å². The number of piperidine rings is 1. The molecule has 2 aliphatic heterocycles. The topological polar surface area (TPSA) is 51.7 Å². The lowest BCUT2D eigenvalue weighted by molar-refractivity contribution is -0.183. The van der Waals surface area contributed by atoms with E-state index in [4.69, 9.17) is 9.47 Å². The number of methoxy groups -OCH3 is 1. The van der Waals surface area contributed by atoms with Crippen molar-refractivity contribution in [1.82, 2.24) is 9.88 Å². The number of ether oxygens (including phenoxy) is 2. The van der Waals surface area contributed by atoms with Crippen molar-refractivity contribution in [2.45, 2.75) is 37.4 Å². The summed E-state index contributed by atoms with van der Waals surface area (Å²) in [5.74, 6) is 0.0899. The highest BCUT2D eigenvalue weighted by atomic mass is 32.1. The van der Waals surface area contributed by atoms with Gasteiger partial charge in [0.05, 0.1) is 23.4 Å². The molecule has 5 nitrogen and oxygen atoms in total. The van der Waals surface area contributed by atoms with Crippen molar-refractivity contribution in [3.8, 4) is 0 Å². The Labute approximate surface area is 122 Å². The molecule has 0 bridgehead atoms. The van der Waals surface area contributed by atoms with Crippen LogP contribution in [0.5, 0.6) is 0 Å². The highest BCUT2D eigenvalue weighted by molar-refractivity contribution is 7.11. The molecule has 1 aromatic heterocycles. The molecule has 2 saturated heterocycles. The van der Waals surface area contributed by atoms with Crippen LogP contribution in [0.25, 0.3) is 0 Å². The lowest BCUT2D eigenvalue weighted by atomic mass is 9.82. The number of thiazole rings is 1. The van der Waals surface area contributed by atoms with E-state index in [0.717, 1.165) is 45.4 Å². The highest BCUT2D eigenvalue weighted by Crippen LogP contribution is 2.37. The zero-order valence-corrected chi connectivity index (χ0v) is 12.5. The molecule has 110 valence electrons. The molecule has 20 heavy (non-hydrogen) atoms. The van der Waals surface area contributed by atoms with Gasteiger partial charge in [0.25, 0.3) is 5.91 Å². The van der Waals surface area contributed by atoms with Gasteiger partial charge in [0.1, 0.15) is 4.88 Å². The van der Waals surface area contributed by atoms with E-state index >= 15 is 0 Å². The molecule has 1 spiro atoms. The van der Waals surface area contributed by atoms with Gasteiger partial charge >= 0.3 is 0 Å². The first kappa shape index (κ1) is 14.0. The van der Waals surface area contributed by atoms with E-state index in [2.05, 4.69) is 4.98 Å². The van der Waals surface area contributed by atoms with Crippen LogP contribution in [0.4, 0.5) is 0 Å². The number of hydrogen-bond donors (Lipinski definition) is 0. The molecule has 6 heteroatoms. The zero-order valence-electron chi connectivity index (χ0n) is 11.7. The largest absolute Gasteiger partial charge is 0.378 e. The van der Waals surface area contributed by atoms with Crippen LogP contribution in [-0.2, 0) is 9.47 Å². The molecule has 2 fully saturated rings. The summed E-state index contributed by atoms with van der Waals surface area (Å²) in [6.07, 6.45) is 5.64. The van der Waals surface area contributed by atoms with Crippen molar-refractivity contribution >= 4 is 17.2 Å². The molecule has 0 saturated carbocycles. The highest BCUT2D eigenvalue weighted by Gasteiger charge is 2.45. The molecular formula is C14H20N2O3S. The molecular weight excluding hydrogens is 276 g/mol. The summed E-state index contributed by atoms with van der Waals surface area (Å²) < 4.78 is 11.7. The SMILES string of the molecule is COC1CCCOC12CCN(C(=O)c1cncs1)CC2. The van der Waals surface area contributed by atoms with Gasteiger partial charge in [-0.3, -0.25) is 9.78 Å². The van der Waals surface area contributed by atoms with Crippen molar-refractivity contribution in [2.24, 2.45) is 0 Å². The number of likely N-dealkylation sites (tertiary alicyclic amines) is 1. The van der Waals surface area contributed by atoms with Gasteiger partial charge in [0.15, 0.2) is 0 Å². The van der Waals surface area contributed by atoms with E-state index in [-0.39, 0.29) is 17.6 Å². The molecule has 3 heterocycles. The molecule has 0 aliphatic carbocycles. The summed E-state index contributed by atoms with van der Waals surface area (Å²) in [5.41, 5.74) is 1.52. The molecule has 1 unspecified atom stereocenters. The second-order valence-corrected chi connectivity index (χ2v) is 6.32. The van der Waals surface area contributed by atoms with Gasteiger partial charge in [-0.05, 0) is 25.7 Å². The summed E-state index contributed by atoms with van der Waals surface area (Å²) in [7, 11) is 1.76. The van der Waals surface area contributed by atoms with Gasteiger partial charge in [0, 0.05) is 26.8 Å². The number of carbonyl (C=O) groups excluding carboxylic acids is 1. The van der Waals surface area contributed by atoms with Crippen LogP contribution in [0.3, 0.4) is 0 Å². The van der Waals surface area contributed by atoms with E-state index in [1.165, 1.54) is 11.3 Å². The van der Waals surface area contributed by atoms with E-state index in [0.29, 0.717) is 4.88 Å². The molecule has 0 aromatic carbocycles. The van der Waals surface area contributed by atoms with Crippen molar-refractivity contribution in [2.75, 3.05) is 26.8 Å². The Bertz CT molecular complexity index is 455. The minimum absolute atomic E-state index is 0.0899. The van der Waals surface area contributed by atoms with Crippen LogP contribution in [0.2, 0.25) is 0 Å². The Morgan fingerprint density at radius 2 is 2.35 bits per heavy atom. The standard InChI is InChI=1S/C14H20N2O3S/c1-18-12-3-2-8-19-14(12)4-6-16(7-5-14)13(17)11-9-15-10-20-11/h9-10,12H,2-8H2,1H3. The molecule has 2 aliphatic rings. The third-order valence-electron chi connectivity index (χ3n) is 4.41. The van der Waals surface area contributed by atoms with Crippen molar-refractivity contribution in [3.05, 3.63) is 16.6 Å². The lowest BCUT2D eigenvalue weighted by Gasteiger charge is -2.47. The average molecular weight is 296 g/mol. The van der Waals surface area contributed by atoms with Gasteiger partial charge in [-0.2, -0.15) is 0 Å². The minimum atomic E-state index is -0.183. The first-order valence-corrected chi connectivity index (χ1v) is 7.98. The molecule has 1 amide bonds. The smallest absolute Gasteiger partial charge is 0.265 e. The van der Waals surface area contributed by atoms with E-state index in [1.54, 1.807) is 18.8 Å². The molecule has 0 N–H and O–H groups in total. The van der Waals surface area contributed by atoms with E-state index in [1.807, 2.05) is 4.90 Å². The second-order valence-electron chi connectivity index (χ2n) is 5.44. The zero-order chi connectivity index (χ0) is 14.0. The number of hydrogen-bond acceptors (Lipinski definition) is 5. The number of nitrogens with zero attached hydrogens (tertiary/aromatic N) is 2. The summed E-state index contributed by atoms with van der Waals surface area (Å²) >= 11 is 1.40. The van der Waals surface area contributed by atoms with E-state index < -0.39 is 0 Å². The van der Waals surface area contributed by atoms with Crippen LogP contribution in [0, 0.1) is 0 Å². The number of rotatable bonds is 2. The fourth-order valence-electron chi connectivity index (χ4n) is 3.26. The lowest BCUT2D eigenvalue weighted by Crippen LogP contribution is -2.56. The number of amides is 1. The van der Waals surface area contributed by atoms with Crippen LogP contribution in [0.1, 0.15) is 35.4 Å². The molecule has 1 atom stereocenters. The summed E-state index contributed by atoms with van der Waals surface area (Å²) in [6, 6.07) is 0.